The minimum atomic E-state index is -0.163. The molecule has 3 heterocycles. The van der Waals surface area contributed by atoms with E-state index in [2.05, 4.69) is 13.8 Å². The molecule has 3 aliphatic rings. The van der Waals surface area contributed by atoms with Crippen LogP contribution in [0.2, 0.25) is 0 Å². The summed E-state index contributed by atoms with van der Waals surface area (Å²) in [5, 5.41) is 14.7. The van der Waals surface area contributed by atoms with Gasteiger partial charge in [-0.05, 0) is 43.9 Å². The quantitative estimate of drug-likeness (QED) is 0.733. The van der Waals surface area contributed by atoms with Crippen molar-refractivity contribution < 1.29 is 14.7 Å². The maximum atomic E-state index is 13.2. The molecule has 3 aliphatic heterocycles. The van der Waals surface area contributed by atoms with Gasteiger partial charge in [0, 0.05) is 26.4 Å². The number of hydrogen-bond donors (Lipinski definition) is 0. The Morgan fingerprint density at radius 1 is 1.00 bits per heavy atom. The van der Waals surface area contributed by atoms with Crippen molar-refractivity contribution in [1.29, 1.82) is 0 Å². The fourth-order valence-electron chi connectivity index (χ4n) is 4.62. The summed E-state index contributed by atoms with van der Waals surface area (Å²) >= 11 is 0. The third-order valence-corrected chi connectivity index (χ3v) is 5.71. The fourth-order valence-corrected chi connectivity index (χ4v) is 4.62. The summed E-state index contributed by atoms with van der Waals surface area (Å²) in [6.07, 6.45) is 4.67. The molecule has 0 aromatic carbocycles. The van der Waals surface area contributed by atoms with Crippen LogP contribution in [0.4, 0.5) is 0 Å². The molecule has 3 saturated heterocycles. The normalized spacial score (nSPS) is 34.4. The molecular weight excluding hydrogens is 242 g/mol. The van der Waals surface area contributed by atoms with E-state index in [1.165, 1.54) is 5.06 Å². The summed E-state index contributed by atoms with van der Waals surface area (Å²) in [7, 11) is 0. The Kier molecular flexibility index (Phi) is 3.63. The Morgan fingerprint density at radius 3 is 2.05 bits per heavy atom. The van der Waals surface area contributed by atoms with Crippen LogP contribution in [0.25, 0.3) is 0 Å². The topological polar surface area (TPSA) is 41.6 Å². The van der Waals surface area contributed by atoms with Crippen LogP contribution in [0.1, 0.15) is 46.0 Å². The van der Waals surface area contributed by atoms with Gasteiger partial charge >= 0.3 is 0 Å². The van der Waals surface area contributed by atoms with E-state index in [9.17, 15) is 5.21 Å². The Balaban J connectivity index is 1.92. The first-order chi connectivity index (χ1) is 9.11. The van der Waals surface area contributed by atoms with Gasteiger partial charge in [-0.1, -0.05) is 13.8 Å². The van der Waals surface area contributed by atoms with Crippen LogP contribution >= 0.6 is 0 Å². The average molecular weight is 268 g/mol. The summed E-state index contributed by atoms with van der Waals surface area (Å²) in [6.45, 7) is 7.53. The minimum Gasteiger partial charge on any atom is -0.381 e. The second-order valence-corrected chi connectivity index (χ2v) is 6.90. The maximum Gasteiger partial charge on any atom is 0.0575 e. The molecule has 19 heavy (non-hydrogen) atoms. The summed E-state index contributed by atoms with van der Waals surface area (Å²) in [5.41, 5.74) is -0.311. The predicted molar refractivity (Wildman–Crippen MR) is 71.0 cm³/mol. The first-order valence-electron chi connectivity index (χ1n) is 7.74. The highest BCUT2D eigenvalue weighted by Gasteiger charge is 2.62. The number of hydroxylamine groups is 2. The zero-order valence-corrected chi connectivity index (χ0v) is 12.2. The van der Waals surface area contributed by atoms with Crippen LogP contribution in [0, 0.1) is 11.8 Å². The van der Waals surface area contributed by atoms with E-state index in [0.29, 0.717) is 11.8 Å². The van der Waals surface area contributed by atoms with Crippen molar-refractivity contribution in [3.05, 3.63) is 0 Å². The minimum absolute atomic E-state index is 0.148. The highest BCUT2D eigenvalue weighted by molar-refractivity contribution is 5.11. The van der Waals surface area contributed by atoms with Gasteiger partial charge in [0.25, 0.3) is 0 Å². The van der Waals surface area contributed by atoms with Crippen molar-refractivity contribution in [3.8, 4) is 0 Å². The van der Waals surface area contributed by atoms with E-state index >= 15 is 0 Å². The third kappa shape index (κ3) is 2.04. The number of nitrogens with zero attached hydrogens (tertiary/aromatic N) is 1. The lowest BCUT2D eigenvalue weighted by atomic mass is 9.72. The molecular formula is C15H26NO3. The summed E-state index contributed by atoms with van der Waals surface area (Å²) in [6, 6.07) is 0. The van der Waals surface area contributed by atoms with Crippen molar-refractivity contribution in [2.45, 2.75) is 57.0 Å². The molecule has 109 valence electrons. The van der Waals surface area contributed by atoms with E-state index in [4.69, 9.17) is 9.47 Å². The van der Waals surface area contributed by atoms with Gasteiger partial charge in [0.1, 0.15) is 0 Å². The zero-order chi connectivity index (χ0) is 13.5. The maximum absolute atomic E-state index is 13.2. The monoisotopic (exact) mass is 268 g/mol. The van der Waals surface area contributed by atoms with Gasteiger partial charge < -0.3 is 9.47 Å². The summed E-state index contributed by atoms with van der Waals surface area (Å²) in [4.78, 5) is 0. The van der Waals surface area contributed by atoms with Gasteiger partial charge in [-0.25, -0.2) is 0 Å². The molecule has 0 aliphatic carbocycles. The van der Waals surface area contributed by atoms with Crippen LogP contribution in [0.15, 0.2) is 0 Å². The number of ether oxygens (including phenoxy) is 2. The Hall–Kier alpha value is -0.160. The largest absolute Gasteiger partial charge is 0.381 e. The Morgan fingerprint density at radius 2 is 1.53 bits per heavy atom. The molecule has 0 bridgehead atoms. The molecule has 3 fully saturated rings. The second-order valence-electron chi connectivity index (χ2n) is 6.90. The van der Waals surface area contributed by atoms with Crippen molar-refractivity contribution in [2.24, 2.45) is 11.8 Å². The molecule has 0 saturated carbocycles. The molecule has 0 aromatic heterocycles. The van der Waals surface area contributed by atoms with Crippen LogP contribution < -0.4 is 0 Å². The second kappa shape index (κ2) is 4.99. The van der Waals surface area contributed by atoms with Crippen LogP contribution in [0.3, 0.4) is 0 Å². The molecule has 2 spiro atoms. The van der Waals surface area contributed by atoms with Crippen molar-refractivity contribution in [1.82, 2.24) is 5.06 Å². The van der Waals surface area contributed by atoms with E-state index in [-0.39, 0.29) is 11.1 Å². The molecule has 3 rings (SSSR count). The molecule has 4 nitrogen and oxygen atoms in total. The standard InChI is InChI=1S/C15H26NO3/c1-12(2)13-11-14(3-7-18-8-4-14)16(17)15(13)5-9-19-10-6-15/h12-13H,3-11H2,1-2H3. The van der Waals surface area contributed by atoms with Gasteiger partial charge in [0.05, 0.1) is 11.1 Å². The zero-order valence-electron chi connectivity index (χ0n) is 12.2. The molecule has 1 atom stereocenters. The first kappa shape index (κ1) is 13.8. The van der Waals surface area contributed by atoms with E-state index in [1.54, 1.807) is 0 Å². The highest BCUT2D eigenvalue weighted by atomic mass is 16.5. The van der Waals surface area contributed by atoms with Crippen LogP contribution in [-0.4, -0.2) is 42.6 Å². The Bertz CT molecular complexity index is 319. The van der Waals surface area contributed by atoms with Crippen molar-refractivity contribution in [2.75, 3.05) is 26.4 Å². The van der Waals surface area contributed by atoms with Gasteiger partial charge in [0.2, 0.25) is 0 Å². The SMILES string of the molecule is CC(C)C1CC2(CCOCC2)N([O])C12CCOCC2. The van der Waals surface area contributed by atoms with E-state index in [1.807, 2.05) is 0 Å². The summed E-state index contributed by atoms with van der Waals surface area (Å²) < 4.78 is 11.0. The lowest BCUT2D eigenvalue weighted by molar-refractivity contribution is -0.290. The third-order valence-electron chi connectivity index (χ3n) is 5.71. The first-order valence-corrected chi connectivity index (χ1v) is 7.74. The smallest absolute Gasteiger partial charge is 0.0575 e. The van der Waals surface area contributed by atoms with Crippen LogP contribution in [0.5, 0.6) is 0 Å². The van der Waals surface area contributed by atoms with Gasteiger partial charge in [-0.2, -0.15) is 0 Å². The highest BCUT2D eigenvalue weighted by Crippen LogP contribution is 2.55. The molecule has 1 radical (unpaired) electrons. The van der Waals surface area contributed by atoms with Gasteiger partial charge in [-0.3, -0.25) is 0 Å². The molecule has 1 unspecified atom stereocenters. The molecule has 0 aromatic rings. The number of hydrogen-bond acceptors (Lipinski definition) is 3. The summed E-state index contributed by atoms with van der Waals surface area (Å²) in [5.74, 6) is 1.07. The van der Waals surface area contributed by atoms with Crippen molar-refractivity contribution in [3.63, 3.8) is 0 Å². The molecule has 4 heteroatoms. The predicted octanol–water partition coefficient (Wildman–Crippen LogP) is 2.41. The van der Waals surface area contributed by atoms with Gasteiger partial charge in [0.15, 0.2) is 0 Å². The van der Waals surface area contributed by atoms with E-state index < -0.39 is 0 Å². The van der Waals surface area contributed by atoms with Crippen molar-refractivity contribution >= 4 is 0 Å². The van der Waals surface area contributed by atoms with Gasteiger partial charge in [-0.15, -0.1) is 10.3 Å². The lowest BCUT2D eigenvalue weighted by Gasteiger charge is -2.46. The Labute approximate surface area is 116 Å². The van der Waals surface area contributed by atoms with E-state index in [0.717, 1.165) is 58.5 Å². The molecule has 0 N–H and O–H groups in total. The number of rotatable bonds is 1. The fraction of sp³-hybridized carbons (Fsp3) is 1.00. The average Bonchev–Trinajstić information content (AvgIpc) is 2.65. The molecule has 0 amide bonds. The lowest BCUT2D eigenvalue weighted by Crippen LogP contribution is -2.57. The van der Waals surface area contributed by atoms with Crippen LogP contribution in [-0.2, 0) is 14.7 Å².